The molecular formula is C10H15ClN2O2. The van der Waals surface area contributed by atoms with Crippen molar-refractivity contribution < 1.29 is 9.84 Å². The molecule has 0 spiro atoms. The molecule has 0 aliphatic carbocycles. The zero-order valence-corrected chi connectivity index (χ0v) is 9.88. The average Bonchev–Trinajstić information content (AvgIpc) is 2.19. The standard InChI is InChI=1S/C10H15ClN2O2/c1-6(2)9-12-8(11)7(3)10(13-9)15-5-4-14/h6,14H,4-5H2,1-3H3. The Morgan fingerprint density at radius 1 is 1.40 bits per heavy atom. The van der Waals surface area contributed by atoms with Crippen molar-refractivity contribution >= 4 is 11.6 Å². The van der Waals surface area contributed by atoms with Crippen LogP contribution in [-0.2, 0) is 0 Å². The van der Waals surface area contributed by atoms with Gasteiger partial charge >= 0.3 is 0 Å². The van der Waals surface area contributed by atoms with E-state index in [0.717, 1.165) is 0 Å². The molecule has 1 N–H and O–H groups in total. The lowest BCUT2D eigenvalue weighted by molar-refractivity contribution is 0.195. The van der Waals surface area contributed by atoms with Crippen LogP contribution >= 0.6 is 11.6 Å². The highest BCUT2D eigenvalue weighted by atomic mass is 35.5. The molecule has 0 saturated carbocycles. The molecule has 1 aromatic rings. The summed E-state index contributed by atoms with van der Waals surface area (Å²) in [5.74, 6) is 1.30. The Morgan fingerprint density at radius 2 is 2.07 bits per heavy atom. The number of nitrogens with zero attached hydrogens (tertiary/aromatic N) is 2. The number of aromatic nitrogens is 2. The van der Waals surface area contributed by atoms with Gasteiger partial charge in [0.25, 0.3) is 0 Å². The van der Waals surface area contributed by atoms with Gasteiger partial charge in [-0.05, 0) is 6.92 Å². The van der Waals surface area contributed by atoms with Crippen LogP contribution in [0.1, 0.15) is 31.2 Å². The van der Waals surface area contributed by atoms with Crippen LogP contribution in [0.4, 0.5) is 0 Å². The predicted molar refractivity (Wildman–Crippen MR) is 58.4 cm³/mol. The van der Waals surface area contributed by atoms with Crippen molar-refractivity contribution in [2.45, 2.75) is 26.7 Å². The molecule has 0 aliphatic rings. The first-order valence-corrected chi connectivity index (χ1v) is 5.21. The van der Waals surface area contributed by atoms with Crippen molar-refractivity contribution in [3.05, 3.63) is 16.5 Å². The summed E-state index contributed by atoms with van der Waals surface area (Å²) in [5, 5.41) is 9.07. The number of rotatable bonds is 4. The van der Waals surface area contributed by atoms with E-state index >= 15 is 0 Å². The molecule has 1 rings (SSSR count). The van der Waals surface area contributed by atoms with Gasteiger partial charge in [-0.1, -0.05) is 25.4 Å². The van der Waals surface area contributed by atoms with Crippen LogP contribution in [0.5, 0.6) is 5.88 Å². The third-order valence-corrected chi connectivity index (χ3v) is 2.27. The van der Waals surface area contributed by atoms with Gasteiger partial charge in [-0.2, -0.15) is 4.98 Å². The lowest BCUT2D eigenvalue weighted by Crippen LogP contribution is -2.08. The van der Waals surface area contributed by atoms with E-state index in [1.54, 1.807) is 6.92 Å². The van der Waals surface area contributed by atoms with Crippen LogP contribution in [0.15, 0.2) is 0 Å². The third-order valence-electron chi connectivity index (χ3n) is 1.91. The van der Waals surface area contributed by atoms with Crippen LogP contribution < -0.4 is 4.74 Å². The van der Waals surface area contributed by atoms with Crippen LogP contribution in [0.2, 0.25) is 5.15 Å². The van der Waals surface area contributed by atoms with E-state index in [4.69, 9.17) is 21.4 Å². The van der Waals surface area contributed by atoms with Crippen LogP contribution in [0.25, 0.3) is 0 Å². The third kappa shape index (κ3) is 3.04. The van der Waals surface area contributed by atoms with Crippen molar-refractivity contribution in [2.75, 3.05) is 13.2 Å². The van der Waals surface area contributed by atoms with Gasteiger partial charge in [0.15, 0.2) is 0 Å². The first kappa shape index (κ1) is 12.2. The molecule has 4 nitrogen and oxygen atoms in total. The summed E-state index contributed by atoms with van der Waals surface area (Å²) in [5.41, 5.74) is 0.703. The number of hydrogen-bond donors (Lipinski definition) is 1. The van der Waals surface area contributed by atoms with E-state index < -0.39 is 0 Å². The van der Waals surface area contributed by atoms with Gasteiger partial charge in [-0.3, -0.25) is 0 Å². The van der Waals surface area contributed by atoms with Gasteiger partial charge in [-0.15, -0.1) is 0 Å². The number of aliphatic hydroxyl groups excluding tert-OH is 1. The Bertz CT molecular complexity index is 342. The minimum atomic E-state index is -0.0436. The number of hydrogen-bond acceptors (Lipinski definition) is 4. The first-order chi connectivity index (χ1) is 7.06. The van der Waals surface area contributed by atoms with Crippen molar-refractivity contribution in [2.24, 2.45) is 0 Å². The highest BCUT2D eigenvalue weighted by molar-refractivity contribution is 6.30. The minimum Gasteiger partial charge on any atom is -0.475 e. The van der Waals surface area contributed by atoms with Crippen LogP contribution in [0, 0.1) is 6.92 Å². The fourth-order valence-electron chi connectivity index (χ4n) is 1.03. The maximum atomic E-state index is 8.66. The van der Waals surface area contributed by atoms with Crippen molar-refractivity contribution in [3.8, 4) is 5.88 Å². The minimum absolute atomic E-state index is 0.0436. The van der Waals surface area contributed by atoms with Gasteiger partial charge in [-0.25, -0.2) is 4.98 Å². The maximum Gasteiger partial charge on any atom is 0.221 e. The monoisotopic (exact) mass is 230 g/mol. The average molecular weight is 231 g/mol. The van der Waals surface area contributed by atoms with Gasteiger partial charge in [0.2, 0.25) is 5.88 Å². The Balaban J connectivity index is 3.02. The SMILES string of the molecule is Cc1c(Cl)nc(C(C)C)nc1OCCO. The topological polar surface area (TPSA) is 55.2 Å². The molecule has 0 radical (unpaired) electrons. The number of ether oxygens (including phenoxy) is 1. The largest absolute Gasteiger partial charge is 0.475 e. The first-order valence-electron chi connectivity index (χ1n) is 4.84. The van der Waals surface area contributed by atoms with Crippen molar-refractivity contribution in [1.29, 1.82) is 0 Å². The van der Waals surface area contributed by atoms with E-state index in [-0.39, 0.29) is 19.1 Å². The Hall–Kier alpha value is -0.870. The van der Waals surface area contributed by atoms with Gasteiger partial charge < -0.3 is 9.84 Å². The molecule has 0 amide bonds. The molecule has 84 valence electrons. The fourth-order valence-corrected chi connectivity index (χ4v) is 1.19. The molecule has 0 unspecified atom stereocenters. The summed E-state index contributed by atoms with van der Waals surface area (Å²) in [6, 6.07) is 0. The van der Waals surface area contributed by atoms with Gasteiger partial charge in [0, 0.05) is 11.5 Å². The smallest absolute Gasteiger partial charge is 0.221 e. The van der Waals surface area contributed by atoms with Crippen molar-refractivity contribution in [3.63, 3.8) is 0 Å². The molecule has 5 heteroatoms. The Morgan fingerprint density at radius 3 is 2.60 bits per heavy atom. The maximum absolute atomic E-state index is 8.66. The van der Waals surface area contributed by atoms with E-state index in [1.807, 2.05) is 13.8 Å². The second-order valence-corrected chi connectivity index (χ2v) is 3.89. The zero-order valence-electron chi connectivity index (χ0n) is 9.12. The highest BCUT2D eigenvalue weighted by Gasteiger charge is 2.12. The molecule has 0 bridgehead atoms. The molecule has 0 fully saturated rings. The number of aliphatic hydroxyl groups is 1. The summed E-state index contributed by atoms with van der Waals surface area (Å²) in [6.45, 7) is 5.93. The molecule has 15 heavy (non-hydrogen) atoms. The summed E-state index contributed by atoms with van der Waals surface area (Å²) in [4.78, 5) is 8.39. The van der Waals surface area contributed by atoms with Crippen LogP contribution in [0.3, 0.4) is 0 Å². The molecule has 0 aromatic carbocycles. The summed E-state index contributed by atoms with van der Waals surface area (Å²) in [6.07, 6.45) is 0. The van der Waals surface area contributed by atoms with Gasteiger partial charge in [0.1, 0.15) is 17.6 Å². The summed E-state index contributed by atoms with van der Waals surface area (Å²) >= 11 is 5.95. The lowest BCUT2D eigenvalue weighted by Gasteiger charge is -2.11. The molecule has 0 atom stereocenters. The van der Waals surface area contributed by atoms with E-state index in [9.17, 15) is 0 Å². The molecule has 1 heterocycles. The fraction of sp³-hybridized carbons (Fsp3) is 0.600. The quantitative estimate of drug-likeness (QED) is 0.804. The van der Waals surface area contributed by atoms with Crippen LogP contribution in [-0.4, -0.2) is 28.3 Å². The normalized spacial score (nSPS) is 10.8. The predicted octanol–water partition coefficient (Wildman–Crippen LogP) is 1.93. The second kappa shape index (κ2) is 5.28. The molecule has 0 saturated heterocycles. The summed E-state index contributed by atoms with van der Waals surface area (Å²) in [7, 11) is 0. The van der Waals surface area contributed by atoms with Crippen molar-refractivity contribution in [1.82, 2.24) is 9.97 Å². The Kier molecular flexibility index (Phi) is 4.29. The van der Waals surface area contributed by atoms with Gasteiger partial charge in [0.05, 0.1) is 6.61 Å². The molecule has 0 aliphatic heterocycles. The summed E-state index contributed by atoms with van der Waals surface area (Å²) < 4.78 is 5.27. The van der Waals surface area contributed by atoms with E-state index in [2.05, 4.69) is 9.97 Å². The van der Waals surface area contributed by atoms with E-state index in [1.165, 1.54) is 0 Å². The number of halogens is 1. The highest BCUT2D eigenvalue weighted by Crippen LogP contribution is 2.24. The lowest BCUT2D eigenvalue weighted by atomic mass is 10.2. The molecule has 1 aromatic heterocycles. The second-order valence-electron chi connectivity index (χ2n) is 3.53. The zero-order chi connectivity index (χ0) is 11.4. The molecular weight excluding hydrogens is 216 g/mol. The van der Waals surface area contributed by atoms with E-state index in [0.29, 0.717) is 22.4 Å². The Labute approximate surface area is 94.3 Å².